The Morgan fingerprint density at radius 2 is 2.23 bits per heavy atom. The van der Waals surface area contributed by atoms with E-state index < -0.39 is 11.4 Å². The number of aliphatic carboxylic acids is 1. The fourth-order valence-electron chi connectivity index (χ4n) is 2.12. The Hall–Kier alpha value is -0.860. The van der Waals surface area contributed by atoms with Gasteiger partial charge in [0.05, 0.1) is 0 Å². The molecule has 0 spiro atoms. The molecule has 0 aromatic carbocycles. The number of ketones is 1. The maximum atomic E-state index is 11.6. The lowest BCUT2D eigenvalue weighted by Crippen LogP contribution is -2.41. The monoisotopic (exact) mass is 184 g/mol. The molecule has 1 N–H and O–H groups in total. The third kappa shape index (κ3) is 1.74. The van der Waals surface area contributed by atoms with Gasteiger partial charge in [0.25, 0.3) is 0 Å². The molecule has 3 nitrogen and oxygen atoms in total. The molecule has 0 saturated heterocycles. The number of Topliss-reactive ketones (excluding diaryl/α,β-unsaturated/α-hetero) is 1. The average Bonchev–Trinajstić information content (AvgIpc) is 2.09. The Morgan fingerprint density at radius 1 is 1.54 bits per heavy atom. The van der Waals surface area contributed by atoms with Crippen LogP contribution in [0, 0.1) is 5.41 Å². The molecule has 74 valence electrons. The SMILES string of the molecule is CCCC1(C(=O)O)CCCCC1=O. The molecule has 0 heterocycles. The zero-order valence-corrected chi connectivity index (χ0v) is 8.01. The third-order valence-corrected chi connectivity index (χ3v) is 2.88. The van der Waals surface area contributed by atoms with Crippen molar-refractivity contribution in [1.29, 1.82) is 0 Å². The van der Waals surface area contributed by atoms with E-state index in [0.717, 1.165) is 19.3 Å². The van der Waals surface area contributed by atoms with Gasteiger partial charge in [0.2, 0.25) is 0 Å². The van der Waals surface area contributed by atoms with Crippen LogP contribution in [0.25, 0.3) is 0 Å². The molecule has 1 unspecified atom stereocenters. The number of carbonyl (C=O) groups is 2. The highest BCUT2D eigenvalue weighted by Crippen LogP contribution is 2.37. The van der Waals surface area contributed by atoms with Gasteiger partial charge in [0.1, 0.15) is 11.2 Å². The summed E-state index contributed by atoms with van der Waals surface area (Å²) in [7, 11) is 0. The first-order valence-corrected chi connectivity index (χ1v) is 4.90. The van der Waals surface area contributed by atoms with Crippen LogP contribution >= 0.6 is 0 Å². The van der Waals surface area contributed by atoms with E-state index in [2.05, 4.69) is 0 Å². The average molecular weight is 184 g/mol. The minimum Gasteiger partial charge on any atom is -0.480 e. The van der Waals surface area contributed by atoms with E-state index in [1.165, 1.54) is 0 Å². The van der Waals surface area contributed by atoms with Gasteiger partial charge in [-0.2, -0.15) is 0 Å². The first-order valence-electron chi connectivity index (χ1n) is 4.90. The van der Waals surface area contributed by atoms with Gasteiger partial charge in [-0.05, 0) is 19.3 Å². The molecule has 0 radical (unpaired) electrons. The molecule has 0 aromatic rings. The van der Waals surface area contributed by atoms with Crippen molar-refractivity contribution in [1.82, 2.24) is 0 Å². The molecule has 1 aliphatic rings. The molecule has 0 amide bonds. The number of carboxylic acid groups (broad SMARTS) is 1. The van der Waals surface area contributed by atoms with Gasteiger partial charge in [-0.3, -0.25) is 9.59 Å². The van der Waals surface area contributed by atoms with E-state index >= 15 is 0 Å². The molecule has 13 heavy (non-hydrogen) atoms. The second kappa shape index (κ2) is 3.90. The van der Waals surface area contributed by atoms with E-state index in [9.17, 15) is 9.59 Å². The van der Waals surface area contributed by atoms with E-state index in [0.29, 0.717) is 19.3 Å². The number of carbonyl (C=O) groups excluding carboxylic acids is 1. The summed E-state index contributed by atoms with van der Waals surface area (Å²) in [6.45, 7) is 1.92. The molecule has 1 fully saturated rings. The molecule has 0 aliphatic heterocycles. The number of rotatable bonds is 3. The topological polar surface area (TPSA) is 54.4 Å². The fraction of sp³-hybridized carbons (Fsp3) is 0.800. The lowest BCUT2D eigenvalue weighted by molar-refractivity contribution is -0.157. The van der Waals surface area contributed by atoms with E-state index in [1.54, 1.807) is 0 Å². The standard InChI is InChI=1S/C10H16O3/c1-2-6-10(9(12)13)7-4-3-5-8(10)11/h2-7H2,1H3,(H,12,13). The van der Waals surface area contributed by atoms with Crippen LogP contribution in [0.1, 0.15) is 45.4 Å². The normalized spacial score (nSPS) is 28.8. The van der Waals surface area contributed by atoms with Gasteiger partial charge < -0.3 is 5.11 Å². The summed E-state index contributed by atoms with van der Waals surface area (Å²) in [6, 6.07) is 0. The molecule has 0 aromatic heterocycles. The minimum atomic E-state index is -1.03. The van der Waals surface area contributed by atoms with Gasteiger partial charge in [-0.15, -0.1) is 0 Å². The molecule has 3 heteroatoms. The highest BCUT2D eigenvalue weighted by Gasteiger charge is 2.45. The summed E-state index contributed by atoms with van der Waals surface area (Å²) in [5.74, 6) is -0.979. The Kier molecular flexibility index (Phi) is 3.07. The van der Waals surface area contributed by atoms with Gasteiger partial charge >= 0.3 is 5.97 Å². The summed E-state index contributed by atoms with van der Waals surface area (Å²) in [6.07, 6.45) is 3.98. The number of carboxylic acids is 1. The van der Waals surface area contributed by atoms with Crippen molar-refractivity contribution in [2.24, 2.45) is 5.41 Å². The van der Waals surface area contributed by atoms with E-state index in [4.69, 9.17) is 5.11 Å². The van der Waals surface area contributed by atoms with Crippen molar-refractivity contribution in [3.05, 3.63) is 0 Å². The van der Waals surface area contributed by atoms with Crippen LogP contribution in [-0.2, 0) is 9.59 Å². The highest BCUT2D eigenvalue weighted by molar-refractivity contribution is 6.03. The van der Waals surface area contributed by atoms with Gasteiger partial charge in [0, 0.05) is 6.42 Å². The molecule has 1 atom stereocenters. The molecule has 1 rings (SSSR count). The Bertz CT molecular complexity index is 218. The summed E-state index contributed by atoms with van der Waals surface area (Å²) in [5.41, 5.74) is -1.03. The van der Waals surface area contributed by atoms with Crippen molar-refractivity contribution in [2.75, 3.05) is 0 Å². The fourth-order valence-corrected chi connectivity index (χ4v) is 2.12. The molecule has 0 bridgehead atoms. The van der Waals surface area contributed by atoms with Crippen molar-refractivity contribution in [3.63, 3.8) is 0 Å². The first kappa shape index (κ1) is 10.2. The lowest BCUT2D eigenvalue weighted by atomic mass is 9.70. The van der Waals surface area contributed by atoms with E-state index in [1.807, 2.05) is 6.92 Å². The van der Waals surface area contributed by atoms with Crippen LogP contribution in [0.15, 0.2) is 0 Å². The molecular formula is C10H16O3. The number of hydrogen-bond acceptors (Lipinski definition) is 2. The second-order valence-electron chi connectivity index (χ2n) is 3.77. The van der Waals surface area contributed by atoms with Crippen LogP contribution in [0.3, 0.4) is 0 Å². The summed E-state index contributed by atoms with van der Waals surface area (Å²) in [4.78, 5) is 22.6. The van der Waals surface area contributed by atoms with Crippen LogP contribution in [-0.4, -0.2) is 16.9 Å². The van der Waals surface area contributed by atoms with Crippen molar-refractivity contribution in [2.45, 2.75) is 45.4 Å². The lowest BCUT2D eigenvalue weighted by Gasteiger charge is -2.31. The van der Waals surface area contributed by atoms with Crippen LogP contribution in [0.4, 0.5) is 0 Å². The predicted molar refractivity (Wildman–Crippen MR) is 48.5 cm³/mol. The molecule has 1 saturated carbocycles. The Morgan fingerprint density at radius 3 is 2.69 bits per heavy atom. The zero-order valence-electron chi connectivity index (χ0n) is 8.01. The largest absolute Gasteiger partial charge is 0.480 e. The van der Waals surface area contributed by atoms with Gasteiger partial charge in [-0.1, -0.05) is 19.8 Å². The smallest absolute Gasteiger partial charge is 0.317 e. The maximum Gasteiger partial charge on any atom is 0.317 e. The quantitative estimate of drug-likeness (QED) is 0.682. The summed E-state index contributed by atoms with van der Waals surface area (Å²) < 4.78 is 0. The summed E-state index contributed by atoms with van der Waals surface area (Å²) in [5, 5.41) is 9.07. The van der Waals surface area contributed by atoms with Crippen LogP contribution in [0.5, 0.6) is 0 Å². The maximum absolute atomic E-state index is 11.6. The second-order valence-corrected chi connectivity index (χ2v) is 3.77. The van der Waals surface area contributed by atoms with Crippen molar-refractivity contribution < 1.29 is 14.7 Å². The Labute approximate surface area is 78.1 Å². The minimum absolute atomic E-state index is 0.0619. The van der Waals surface area contributed by atoms with Crippen LogP contribution < -0.4 is 0 Å². The number of hydrogen-bond donors (Lipinski definition) is 1. The Balaban J connectivity index is 2.86. The van der Waals surface area contributed by atoms with E-state index in [-0.39, 0.29) is 5.78 Å². The van der Waals surface area contributed by atoms with Crippen LogP contribution in [0.2, 0.25) is 0 Å². The predicted octanol–water partition coefficient (Wildman–Crippen LogP) is 2.00. The van der Waals surface area contributed by atoms with Crippen molar-refractivity contribution in [3.8, 4) is 0 Å². The van der Waals surface area contributed by atoms with Gasteiger partial charge in [-0.25, -0.2) is 0 Å². The third-order valence-electron chi connectivity index (χ3n) is 2.88. The highest BCUT2D eigenvalue weighted by atomic mass is 16.4. The molecule has 1 aliphatic carbocycles. The summed E-state index contributed by atoms with van der Waals surface area (Å²) >= 11 is 0. The van der Waals surface area contributed by atoms with Gasteiger partial charge in [0.15, 0.2) is 0 Å². The molecular weight excluding hydrogens is 168 g/mol. The zero-order chi connectivity index (χ0) is 9.90. The van der Waals surface area contributed by atoms with Crippen molar-refractivity contribution >= 4 is 11.8 Å². The first-order chi connectivity index (χ1) is 6.13.